The minimum Gasteiger partial charge on any atom is -0.492 e. The number of ether oxygens (including phenoxy) is 3. The van der Waals surface area contributed by atoms with Gasteiger partial charge in [-0.05, 0) is 42.7 Å². The van der Waals surface area contributed by atoms with Crippen molar-refractivity contribution >= 4 is 21.6 Å². The molecule has 1 amide bonds. The van der Waals surface area contributed by atoms with Crippen molar-refractivity contribution in [3.05, 3.63) is 48.0 Å². The molecule has 1 N–H and O–H groups in total. The van der Waals surface area contributed by atoms with Crippen LogP contribution in [0, 0.1) is 0 Å². The number of aryl methyl sites for hydroxylation is 1. The molecule has 0 bridgehead atoms. The SMILES string of the molecule is CCc1ccc(OCCNC(=O)CCCN(c2ccc3c(c2)OCCO3)S(C)(=O)=O)cc1. The van der Waals surface area contributed by atoms with Crippen molar-refractivity contribution in [1.82, 2.24) is 5.32 Å². The lowest BCUT2D eigenvalue weighted by atomic mass is 10.2. The standard InChI is InChI=1S/C23H30N2O6S/c1-3-18-6-9-20(10-7-18)29-14-12-24-23(26)5-4-13-25(32(2,27)28)19-8-11-21-22(17-19)31-16-15-30-21/h6-11,17H,3-5,12-16H2,1-2H3,(H,24,26). The molecule has 0 radical (unpaired) electrons. The Morgan fingerprint density at radius 1 is 1.09 bits per heavy atom. The van der Waals surface area contributed by atoms with E-state index in [2.05, 4.69) is 12.2 Å². The molecule has 0 saturated carbocycles. The van der Waals surface area contributed by atoms with Crippen molar-refractivity contribution in [2.45, 2.75) is 26.2 Å². The Bertz CT molecular complexity index is 1010. The number of anilines is 1. The predicted molar refractivity (Wildman–Crippen MR) is 123 cm³/mol. The zero-order chi connectivity index (χ0) is 23.0. The number of nitrogens with one attached hydrogen (secondary N) is 1. The van der Waals surface area contributed by atoms with Crippen LogP contribution in [0.3, 0.4) is 0 Å². The van der Waals surface area contributed by atoms with E-state index >= 15 is 0 Å². The van der Waals surface area contributed by atoms with Gasteiger partial charge >= 0.3 is 0 Å². The zero-order valence-corrected chi connectivity index (χ0v) is 19.3. The van der Waals surface area contributed by atoms with E-state index in [9.17, 15) is 13.2 Å². The molecular formula is C23H30N2O6S. The van der Waals surface area contributed by atoms with Gasteiger partial charge in [-0.2, -0.15) is 0 Å². The first-order chi connectivity index (χ1) is 15.4. The number of carbonyl (C=O) groups is 1. The van der Waals surface area contributed by atoms with Crippen molar-refractivity contribution in [3.8, 4) is 17.2 Å². The molecule has 8 nitrogen and oxygen atoms in total. The van der Waals surface area contributed by atoms with Gasteiger partial charge in [-0.15, -0.1) is 0 Å². The normalized spacial score (nSPS) is 12.8. The molecule has 0 saturated heterocycles. The maximum atomic E-state index is 12.3. The van der Waals surface area contributed by atoms with E-state index in [0.717, 1.165) is 18.4 Å². The van der Waals surface area contributed by atoms with E-state index in [0.29, 0.717) is 50.0 Å². The van der Waals surface area contributed by atoms with Crippen molar-refractivity contribution < 1.29 is 27.4 Å². The Labute approximate surface area is 189 Å². The van der Waals surface area contributed by atoms with Crippen LogP contribution in [-0.2, 0) is 21.2 Å². The van der Waals surface area contributed by atoms with E-state index in [4.69, 9.17) is 14.2 Å². The molecule has 0 atom stereocenters. The molecule has 1 aliphatic rings. The molecule has 2 aromatic rings. The van der Waals surface area contributed by atoms with Gasteiger partial charge < -0.3 is 19.5 Å². The predicted octanol–water partition coefficient (Wildman–Crippen LogP) is 2.76. The van der Waals surface area contributed by atoms with Gasteiger partial charge in [0.15, 0.2) is 11.5 Å². The van der Waals surface area contributed by atoms with Crippen molar-refractivity contribution in [2.24, 2.45) is 0 Å². The third-order valence-corrected chi connectivity index (χ3v) is 6.20. The van der Waals surface area contributed by atoms with Gasteiger partial charge in [-0.1, -0.05) is 19.1 Å². The minimum absolute atomic E-state index is 0.148. The number of carbonyl (C=O) groups excluding carboxylic acids is 1. The monoisotopic (exact) mass is 462 g/mol. The first-order valence-electron chi connectivity index (χ1n) is 10.7. The maximum absolute atomic E-state index is 12.3. The van der Waals surface area contributed by atoms with Gasteiger partial charge in [-0.3, -0.25) is 9.10 Å². The first kappa shape index (κ1) is 23.7. The van der Waals surface area contributed by atoms with Crippen LogP contribution >= 0.6 is 0 Å². The molecule has 2 aromatic carbocycles. The fraction of sp³-hybridized carbons (Fsp3) is 0.435. The Hall–Kier alpha value is -2.94. The van der Waals surface area contributed by atoms with Crippen LogP contribution in [-0.4, -0.2) is 53.5 Å². The highest BCUT2D eigenvalue weighted by molar-refractivity contribution is 7.92. The zero-order valence-electron chi connectivity index (χ0n) is 18.5. The lowest BCUT2D eigenvalue weighted by molar-refractivity contribution is -0.121. The molecule has 0 aromatic heterocycles. The van der Waals surface area contributed by atoms with E-state index in [1.165, 1.54) is 9.87 Å². The number of fused-ring (bicyclic) bond motifs is 1. The molecule has 0 aliphatic carbocycles. The molecule has 1 heterocycles. The van der Waals surface area contributed by atoms with Crippen LogP contribution in [0.2, 0.25) is 0 Å². The number of hydrogen-bond donors (Lipinski definition) is 1. The van der Waals surface area contributed by atoms with Crippen LogP contribution in [0.4, 0.5) is 5.69 Å². The Balaban J connectivity index is 1.43. The summed E-state index contributed by atoms with van der Waals surface area (Å²) in [5.41, 5.74) is 1.73. The summed E-state index contributed by atoms with van der Waals surface area (Å²) in [6, 6.07) is 12.9. The highest BCUT2D eigenvalue weighted by Crippen LogP contribution is 2.34. The number of amides is 1. The van der Waals surface area contributed by atoms with Gasteiger partial charge in [0, 0.05) is 19.0 Å². The third kappa shape index (κ3) is 6.78. The van der Waals surface area contributed by atoms with Crippen molar-refractivity contribution in [1.29, 1.82) is 0 Å². The summed E-state index contributed by atoms with van der Waals surface area (Å²) in [7, 11) is -3.51. The van der Waals surface area contributed by atoms with Crippen LogP contribution < -0.4 is 23.8 Å². The van der Waals surface area contributed by atoms with Gasteiger partial charge in [0.05, 0.1) is 18.5 Å². The lowest BCUT2D eigenvalue weighted by Crippen LogP contribution is -2.33. The summed E-state index contributed by atoms with van der Waals surface area (Å²) in [4.78, 5) is 12.1. The quantitative estimate of drug-likeness (QED) is 0.516. The topological polar surface area (TPSA) is 94.2 Å². The second-order valence-corrected chi connectivity index (χ2v) is 9.37. The van der Waals surface area contributed by atoms with Crippen LogP contribution in [0.5, 0.6) is 17.2 Å². The van der Waals surface area contributed by atoms with Gasteiger partial charge in [0.25, 0.3) is 0 Å². The van der Waals surface area contributed by atoms with E-state index in [-0.39, 0.29) is 18.9 Å². The van der Waals surface area contributed by atoms with Gasteiger partial charge in [0.2, 0.25) is 15.9 Å². The second kappa shape index (κ2) is 11.1. The average molecular weight is 463 g/mol. The molecule has 32 heavy (non-hydrogen) atoms. The van der Waals surface area contributed by atoms with Crippen LogP contribution in [0.15, 0.2) is 42.5 Å². The number of rotatable bonds is 11. The number of sulfonamides is 1. The molecule has 0 spiro atoms. The molecule has 174 valence electrons. The largest absolute Gasteiger partial charge is 0.492 e. The maximum Gasteiger partial charge on any atom is 0.232 e. The summed E-state index contributed by atoms with van der Waals surface area (Å²) < 4.78 is 42.5. The van der Waals surface area contributed by atoms with Crippen LogP contribution in [0.25, 0.3) is 0 Å². The Morgan fingerprint density at radius 3 is 2.50 bits per heavy atom. The highest BCUT2D eigenvalue weighted by atomic mass is 32.2. The van der Waals surface area contributed by atoms with Gasteiger partial charge in [-0.25, -0.2) is 8.42 Å². The molecule has 1 aliphatic heterocycles. The number of benzene rings is 2. The van der Waals surface area contributed by atoms with Crippen molar-refractivity contribution in [2.75, 3.05) is 43.5 Å². The molecule has 3 rings (SSSR count). The summed E-state index contributed by atoms with van der Waals surface area (Å²) in [5.74, 6) is 1.73. The van der Waals surface area contributed by atoms with E-state index in [1.54, 1.807) is 18.2 Å². The van der Waals surface area contributed by atoms with Crippen LogP contribution in [0.1, 0.15) is 25.3 Å². The van der Waals surface area contributed by atoms with Gasteiger partial charge in [0.1, 0.15) is 25.6 Å². The average Bonchev–Trinajstić information content (AvgIpc) is 2.79. The van der Waals surface area contributed by atoms with Crippen molar-refractivity contribution in [3.63, 3.8) is 0 Å². The molecule has 9 heteroatoms. The van der Waals surface area contributed by atoms with E-state index in [1.807, 2.05) is 24.3 Å². The molecular weight excluding hydrogens is 432 g/mol. The lowest BCUT2D eigenvalue weighted by Gasteiger charge is -2.25. The summed E-state index contributed by atoms with van der Waals surface area (Å²) >= 11 is 0. The summed E-state index contributed by atoms with van der Waals surface area (Å²) in [6.45, 7) is 3.91. The Morgan fingerprint density at radius 2 is 1.81 bits per heavy atom. The molecule has 0 unspecified atom stereocenters. The summed E-state index contributed by atoms with van der Waals surface area (Å²) in [5, 5.41) is 2.80. The first-order valence-corrected chi connectivity index (χ1v) is 12.6. The number of hydrogen-bond acceptors (Lipinski definition) is 6. The smallest absolute Gasteiger partial charge is 0.232 e. The van der Waals surface area contributed by atoms with E-state index < -0.39 is 10.0 Å². The minimum atomic E-state index is -3.51. The summed E-state index contributed by atoms with van der Waals surface area (Å²) in [6.07, 6.45) is 2.71. The highest BCUT2D eigenvalue weighted by Gasteiger charge is 2.21. The Kier molecular flexibility index (Phi) is 8.21. The number of nitrogens with zero attached hydrogens (tertiary/aromatic N) is 1. The fourth-order valence-corrected chi connectivity index (χ4v) is 4.28. The second-order valence-electron chi connectivity index (χ2n) is 7.46. The third-order valence-electron chi connectivity index (χ3n) is 5.00. The fourth-order valence-electron chi connectivity index (χ4n) is 3.33. The molecule has 0 fully saturated rings.